The molecule has 0 aliphatic heterocycles. The quantitative estimate of drug-likeness (QED) is 0.725. The van der Waals surface area contributed by atoms with Gasteiger partial charge in [-0.1, -0.05) is 47.0 Å². The van der Waals surface area contributed by atoms with Crippen LogP contribution in [0.4, 0.5) is 0 Å². The zero-order valence-electron chi connectivity index (χ0n) is 14.5. The molecule has 2 rings (SSSR count). The normalized spacial score (nSPS) is 10.3. The highest BCUT2D eigenvalue weighted by atomic mass is 35.5. The molecule has 0 atom stereocenters. The summed E-state index contributed by atoms with van der Waals surface area (Å²) < 4.78 is 10.2. The SMILES string of the molecule is COc1ccc(C)cc1CC(=O)OCC(=O)NCc1ccc(Cl)cc1Cl. The molecule has 0 radical (unpaired) electrons. The molecule has 1 N–H and O–H groups in total. The predicted octanol–water partition coefficient (Wildman–Crippen LogP) is 3.71. The minimum atomic E-state index is -0.506. The van der Waals surface area contributed by atoms with E-state index in [1.807, 2.05) is 19.1 Å². The van der Waals surface area contributed by atoms with E-state index in [0.29, 0.717) is 21.4 Å². The number of amides is 1. The van der Waals surface area contributed by atoms with Crippen molar-refractivity contribution in [1.82, 2.24) is 5.32 Å². The summed E-state index contributed by atoms with van der Waals surface area (Å²) in [5.41, 5.74) is 2.44. The van der Waals surface area contributed by atoms with E-state index in [0.717, 1.165) is 11.1 Å². The topological polar surface area (TPSA) is 64.6 Å². The molecule has 0 spiro atoms. The number of halogens is 2. The van der Waals surface area contributed by atoms with Gasteiger partial charge in [-0.25, -0.2) is 0 Å². The van der Waals surface area contributed by atoms with Gasteiger partial charge in [-0.3, -0.25) is 9.59 Å². The first kappa shape index (κ1) is 20.1. The third-order valence-corrected chi connectivity index (χ3v) is 4.21. The molecule has 0 aliphatic rings. The van der Waals surface area contributed by atoms with Crippen LogP contribution in [0.15, 0.2) is 36.4 Å². The van der Waals surface area contributed by atoms with E-state index in [9.17, 15) is 9.59 Å². The summed E-state index contributed by atoms with van der Waals surface area (Å²) in [6.07, 6.45) is 0.0289. The van der Waals surface area contributed by atoms with Crippen molar-refractivity contribution in [3.05, 3.63) is 63.1 Å². The Balaban J connectivity index is 1.81. The lowest BCUT2D eigenvalue weighted by Crippen LogP contribution is -2.28. The first-order valence-electron chi connectivity index (χ1n) is 7.89. The number of aryl methyl sites for hydroxylation is 1. The van der Waals surface area contributed by atoms with Crippen LogP contribution in [0.25, 0.3) is 0 Å². The maximum atomic E-state index is 12.0. The number of hydrogen-bond donors (Lipinski definition) is 1. The Hall–Kier alpha value is -2.24. The largest absolute Gasteiger partial charge is 0.496 e. The molecule has 0 saturated heterocycles. The summed E-state index contributed by atoms with van der Waals surface area (Å²) >= 11 is 11.9. The smallest absolute Gasteiger partial charge is 0.310 e. The highest BCUT2D eigenvalue weighted by molar-refractivity contribution is 6.35. The molecular formula is C19H19Cl2NO4. The maximum Gasteiger partial charge on any atom is 0.310 e. The summed E-state index contributed by atoms with van der Waals surface area (Å²) in [4.78, 5) is 23.8. The number of carbonyl (C=O) groups excluding carboxylic acids is 2. The zero-order valence-corrected chi connectivity index (χ0v) is 16.0. The highest BCUT2D eigenvalue weighted by Gasteiger charge is 2.12. The van der Waals surface area contributed by atoms with Crippen molar-refractivity contribution in [2.24, 2.45) is 0 Å². The van der Waals surface area contributed by atoms with Crippen molar-refractivity contribution in [2.45, 2.75) is 19.9 Å². The van der Waals surface area contributed by atoms with Gasteiger partial charge >= 0.3 is 5.97 Å². The molecule has 0 saturated carbocycles. The molecule has 0 unspecified atom stereocenters. The second kappa shape index (κ2) is 9.46. The van der Waals surface area contributed by atoms with Crippen LogP contribution in [0.1, 0.15) is 16.7 Å². The van der Waals surface area contributed by atoms with Gasteiger partial charge in [0.25, 0.3) is 5.91 Å². The second-order valence-corrected chi connectivity index (χ2v) is 6.51. The Morgan fingerprint density at radius 1 is 1.08 bits per heavy atom. The van der Waals surface area contributed by atoms with Gasteiger partial charge in [-0.2, -0.15) is 0 Å². The Morgan fingerprint density at radius 3 is 2.54 bits per heavy atom. The highest BCUT2D eigenvalue weighted by Crippen LogP contribution is 2.21. The van der Waals surface area contributed by atoms with E-state index in [2.05, 4.69) is 5.32 Å². The van der Waals surface area contributed by atoms with E-state index < -0.39 is 11.9 Å². The fourth-order valence-electron chi connectivity index (χ4n) is 2.31. The Bertz CT molecular complexity index is 808. The molecule has 1 amide bonds. The monoisotopic (exact) mass is 395 g/mol. The predicted molar refractivity (Wildman–Crippen MR) is 101 cm³/mol. The van der Waals surface area contributed by atoms with E-state index in [1.165, 1.54) is 7.11 Å². The Kier molecular flexibility index (Phi) is 7.30. The van der Waals surface area contributed by atoms with E-state index in [-0.39, 0.29) is 19.6 Å². The van der Waals surface area contributed by atoms with Crippen LogP contribution in [-0.2, 0) is 27.3 Å². The molecule has 0 aliphatic carbocycles. The van der Waals surface area contributed by atoms with Crippen molar-refractivity contribution in [3.63, 3.8) is 0 Å². The molecule has 0 aromatic heterocycles. The molecule has 138 valence electrons. The molecule has 0 fully saturated rings. The number of ether oxygens (including phenoxy) is 2. The molecule has 2 aromatic rings. The lowest BCUT2D eigenvalue weighted by Gasteiger charge is -2.10. The third-order valence-electron chi connectivity index (χ3n) is 3.63. The second-order valence-electron chi connectivity index (χ2n) is 5.67. The maximum absolute atomic E-state index is 12.0. The van der Waals surface area contributed by atoms with Gasteiger partial charge in [0.2, 0.25) is 0 Å². The average Bonchev–Trinajstić information content (AvgIpc) is 2.59. The lowest BCUT2D eigenvalue weighted by molar-refractivity contribution is -0.147. The number of rotatable bonds is 7. The van der Waals surface area contributed by atoms with Crippen molar-refractivity contribution in [2.75, 3.05) is 13.7 Å². The summed E-state index contributed by atoms with van der Waals surface area (Å²) in [5, 5.41) is 3.62. The van der Waals surface area contributed by atoms with Crippen molar-refractivity contribution in [1.29, 1.82) is 0 Å². The van der Waals surface area contributed by atoms with Crippen molar-refractivity contribution >= 4 is 35.1 Å². The number of methoxy groups -OCH3 is 1. The third kappa shape index (κ3) is 5.93. The molecule has 7 heteroatoms. The summed E-state index contributed by atoms with van der Waals surface area (Å²) in [7, 11) is 1.54. The van der Waals surface area contributed by atoms with Gasteiger partial charge in [0.15, 0.2) is 6.61 Å². The van der Waals surface area contributed by atoms with Gasteiger partial charge < -0.3 is 14.8 Å². The average molecular weight is 396 g/mol. The van der Waals surface area contributed by atoms with Gasteiger partial charge in [0.1, 0.15) is 5.75 Å². The molecular weight excluding hydrogens is 377 g/mol. The van der Waals surface area contributed by atoms with E-state index >= 15 is 0 Å². The fourth-order valence-corrected chi connectivity index (χ4v) is 2.78. The van der Waals surface area contributed by atoms with Gasteiger partial charge in [0, 0.05) is 22.2 Å². The first-order valence-corrected chi connectivity index (χ1v) is 8.64. The van der Waals surface area contributed by atoms with Crippen LogP contribution >= 0.6 is 23.2 Å². The van der Waals surface area contributed by atoms with Crippen LogP contribution in [0, 0.1) is 6.92 Å². The standard InChI is InChI=1S/C19H19Cl2NO4/c1-12-3-6-17(25-2)14(7-12)8-19(24)26-11-18(23)22-10-13-4-5-15(20)9-16(13)21/h3-7,9H,8,10-11H2,1-2H3,(H,22,23). The minimum Gasteiger partial charge on any atom is -0.496 e. The number of nitrogens with one attached hydrogen (secondary N) is 1. The minimum absolute atomic E-state index is 0.0289. The molecule has 0 heterocycles. The van der Waals surface area contributed by atoms with Crippen molar-refractivity contribution < 1.29 is 19.1 Å². The van der Waals surface area contributed by atoms with E-state index in [4.69, 9.17) is 32.7 Å². The molecule has 2 aromatic carbocycles. The molecule has 0 bridgehead atoms. The van der Waals surface area contributed by atoms with E-state index in [1.54, 1.807) is 24.3 Å². The molecule has 26 heavy (non-hydrogen) atoms. The fraction of sp³-hybridized carbons (Fsp3) is 0.263. The van der Waals surface area contributed by atoms with Gasteiger partial charge in [0.05, 0.1) is 13.5 Å². The lowest BCUT2D eigenvalue weighted by atomic mass is 10.1. The number of esters is 1. The first-order chi connectivity index (χ1) is 12.4. The number of hydrogen-bond acceptors (Lipinski definition) is 4. The zero-order chi connectivity index (χ0) is 19.1. The Morgan fingerprint density at radius 2 is 1.85 bits per heavy atom. The summed E-state index contributed by atoms with van der Waals surface area (Å²) in [6.45, 7) is 1.78. The van der Waals surface area contributed by atoms with Gasteiger partial charge in [-0.05, 0) is 30.7 Å². The molecule has 5 nitrogen and oxygen atoms in total. The number of carbonyl (C=O) groups is 2. The Labute approximate surface area is 162 Å². The van der Waals surface area contributed by atoms with Gasteiger partial charge in [-0.15, -0.1) is 0 Å². The van der Waals surface area contributed by atoms with Crippen molar-refractivity contribution in [3.8, 4) is 5.75 Å². The van der Waals surface area contributed by atoms with Crippen LogP contribution in [0.2, 0.25) is 10.0 Å². The van der Waals surface area contributed by atoms with Crippen LogP contribution in [0.3, 0.4) is 0 Å². The van der Waals surface area contributed by atoms with Crippen LogP contribution in [0.5, 0.6) is 5.75 Å². The number of benzene rings is 2. The van der Waals surface area contributed by atoms with Crippen LogP contribution in [-0.4, -0.2) is 25.6 Å². The summed E-state index contributed by atoms with van der Waals surface area (Å²) in [6, 6.07) is 10.5. The summed E-state index contributed by atoms with van der Waals surface area (Å²) in [5.74, 6) is -0.316. The van der Waals surface area contributed by atoms with Crippen LogP contribution < -0.4 is 10.1 Å².